The van der Waals surface area contributed by atoms with E-state index in [4.69, 9.17) is 14.2 Å². The van der Waals surface area contributed by atoms with Crippen LogP contribution in [0.3, 0.4) is 0 Å². The second kappa shape index (κ2) is 55.4. The Morgan fingerprint density at radius 1 is 0.487 bits per heavy atom. The third-order valence-electron chi connectivity index (χ3n) is 15.8. The minimum Gasteiger partial charge on any atom is -0.454 e. The van der Waals surface area contributed by atoms with Gasteiger partial charge >= 0.3 is 5.97 Å². The summed E-state index contributed by atoms with van der Waals surface area (Å²) < 4.78 is 17.7. The van der Waals surface area contributed by atoms with Crippen LogP contribution in [0.2, 0.25) is 0 Å². The maximum absolute atomic E-state index is 13.4. The average Bonchev–Trinajstić information content (AvgIpc) is 3.44. The summed E-state index contributed by atoms with van der Waals surface area (Å²) in [6, 6.07) is -1.02. The summed E-state index contributed by atoms with van der Waals surface area (Å²) >= 11 is 0. The van der Waals surface area contributed by atoms with E-state index >= 15 is 0 Å². The highest BCUT2D eigenvalue weighted by atomic mass is 16.7. The van der Waals surface area contributed by atoms with Crippen molar-refractivity contribution in [3.63, 3.8) is 0 Å². The first-order chi connectivity index (χ1) is 38.2. The van der Waals surface area contributed by atoms with Gasteiger partial charge < -0.3 is 45.1 Å². The normalized spacial score (nSPS) is 19.1. The summed E-state index contributed by atoms with van der Waals surface area (Å²) in [6.07, 6.45) is 56.1. The van der Waals surface area contributed by atoms with Gasteiger partial charge in [-0.1, -0.05) is 269 Å². The van der Waals surface area contributed by atoms with Gasteiger partial charge in [0, 0.05) is 6.42 Å². The van der Waals surface area contributed by atoms with Gasteiger partial charge in [0.05, 0.1) is 25.4 Å². The number of allylic oxidation sites excluding steroid dienone is 5. The van der Waals surface area contributed by atoms with Crippen LogP contribution in [-0.2, 0) is 23.8 Å². The Bertz CT molecular complexity index is 1410. The zero-order valence-corrected chi connectivity index (χ0v) is 50.8. The number of aliphatic hydroxyl groups excluding tert-OH is 5. The monoisotopic (exact) mass is 1100 g/mol. The number of rotatable bonds is 57. The van der Waals surface area contributed by atoms with Gasteiger partial charge in [-0.15, -0.1) is 0 Å². The first-order valence-corrected chi connectivity index (χ1v) is 33.3. The Balaban J connectivity index is 2.63. The molecule has 6 N–H and O–H groups in total. The molecule has 0 aliphatic carbocycles. The second-order valence-electron chi connectivity index (χ2n) is 23.2. The van der Waals surface area contributed by atoms with Crippen molar-refractivity contribution in [2.24, 2.45) is 0 Å². The topological polar surface area (TPSA) is 175 Å². The van der Waals surface area contributed by atoms with Crippen LogP contribution in [0.25, 0.3) is 0 Å². The highest BCUT2D eigenvalue weighted by Crippen LogP contribution is 2.26. The van der Waals surface area contributed by atoms with E-state index in [-0.39, 0.29) is 13.0 Å². The maximum atomic E-state index is 13.4. The van der Waals surface area contributed by atoms with Crippen molar-refractivity contribution in [1.29, 1.82) is 0 Å². The van der Waals surface area contributed by atoms with Gasteiger partial charge in [-0.25, -0.2) is 0 Å². The van der Waals surface area contributed by atoms with Gasteiger partial charge in [-0.3, -0.25) is 9.59 Å². The summed E-state index contributed by atoms with van der Waals surface area (Å²) in [6.45, 7) is 5.81. The van der Waals surface area contributed by atoms with Crippen molar-refractivity contribution in [3.8, 4) is 0 Å². The Morgan fingerprint density at radius 3 is 1.24 bits per heavy atom. The minimum atomic E-state index is -1.61. The molecule has 0 saturated carbocycles. The molecule has 1 fully saturated rings. The third kappa shape index (κ3) is 42.7. The molecule has 8 atom stereocenters. The predicted molar refractivity (Wildman–Crippen MR) is 324 cm³/mol. The van der Waals surface area contributed by atoms with E-state index in [0.717, 1.165) is 70.6 Å². The van der Waals surface area contributed by atoms with E-state index in [1.807, 2.05) is 6.08 Å². The lowest BCUT2D eigenvalue weighted by molar-refractivity contribution is -0.305. The molecule has 0 aromatic carbocycles. The van der Waals surface area contributed by atoms with Crippen molar-refractivity contribution in [2.75, 3.05) is 13.2 Å². The van der Waals surface area contributed by atoms with Gasteiger partial charge in [-0.05, 0) is 77.0 Å². The van der Waals surface area contributed by atoms with E-state index < -0.39 is 67.4 Å². The summed E-state index contributed by atoms with van der Waals surface area (Å²) in [7, 11) is 0. The summed E-state index contributed by atoms with van der Waals surface area (Å²) in [5.74, 6) is -1.19. The molecule has 8 unspecified atom stereocenters. The van der Waals surface area contributed by atoms with Crippen molar-refractivity contribution in [1.82, 2.24) is 5.32 Å². The Morgan fingerprint density at radius 2 is 0.846 bits per heavy atom. The van der Waals surface area contributed by atoms with Crippen molar-refractivity contribution >= 4 is 11.9 Å². The summed E-state index contributed by atoms with van der Waals surface area (Å²) in [5, 5.41) is 57.1. The molecule has 0 aromatic heterocycles. The Labute approximate surface area is 479 Å². The van der Waals surface area contributed by atoms with Crippen LogP contribution in [0.15, 0.2) is 36.5 Å². The lowest BCUT2D eigenvalue weighted by Gasteiger charge is -2.41. The summed E-state index contributed by atoms with van der Waals surface area (Å²) in [4.78, 5) is 26.6. The van der Waals surface area contributed by atoms with Crippen molar-refractivity contribution in [3.05, 3.63) is 36.5 Å². The molecule has 1 aliphatic heterocycles. The second-order valence-corrected chi connectivity index (χ2v) is 23.2. The maximum Gasteiger partial charge on any atom is 0.306 e. The van der Waals surface area contributed by atoms with Crippen LogP contribution in [0.1, 0.15) is 316 Å². The van der Waals surface area contributed by atoms with Crippen molar-refractivity contribution < 1.29 is 49.3 Å². The molecule has 1 aliphatic rings. The molecule has 458 valence electrons. The average molecular weight is 1100 g/mol. The molecule has 1 saturated heterocycles. The number of aliphatic hydroxyl groups is 5. The lowest BCUT2D eigenvalue weighted by Crippen LogP contribution is -2.61. The fraction of sp³-hybridized carbons (Fsp3) is 0.881. The molecular formula is C67H125NO10. The van der Waals surface area contributed by atoms with E-state index in [9.17, 15) is 35.1 Å². The number of esters is 1. The number of carbonyl (C=O) groups is 2. The Hall–Kier alpha value is -2.12. The number of nitrogens with one attached hydrogen (secondary N) is 1. The van der Waals surface area contributed by atoms with Gasteiger partial charge in [-0.2, -0.15) is 0 Å². The van der Waals surface area contributed by atoms with Crippen LogP contribution in [0.4, 0.5) is 0 Å². The molecule has 1 rings (SSSR count). The molecular weight excluding hydrogens is 979 g/mol. The van der Waals surface area contributed by atoms with Crippen LogP contribution in [0, 0.1) is 0 Å². The van der Waals surface area contributed by atoms with E-state index in [0.29, 0.717) is 19.3 Å². The first-order valence-electron chi connectivity index (χ1n) is 33.3. The molecule has 0 radical (unpaired) electrons. The van der Waals surface area contributed by atoms with Crippen LogP contribution in [-0.4, -0.2) is 99.6 Å². The number of hydrogen-bond donors (Lipinski definition) is 6. The lowest BCUT2D eigenvalue weighted by atomic mass is 9.99. The highest BCUT2D eigenvalue weighted by Gasteiger charge is 2.47. The Kier molecular flexibility index (Phi) is 52.5. The largest absolute Gasteiger partial charge is 0.454 e. The standard InChI is InChI=1S/C67H125NO10/c1-4-7-10-13-16-19-22-25-27-29-30-31-33-34-36-39-42-45-48-51-54-60(71)66(75)68-58(59(70)53-50-47-44-41-38-24-21-18-15-12-9-6-3)57-76-67-65(64(74)63(73)61(56-69)77-67)78-62(72)55-52-49-46-43-40-37-35-32-28-26-23-20-17-14-11-8-5-2/h25-28,50,53,58-61,63-65,67,69-71,73-74H,4-24,29-49,51-52,54-57H2,1-3H3,(H,68,75)/b27-25+,28-26+,53-50+. The SMILES string of the molecule is CCCCCCCC/C=C/CCCCCCCCCCCCC(O)C(=O)NC(COC1OC(CO)C(O)C(O)C1OC(=O)CCCCCCCCC/C=C/CCCCCCCC)C(O)/C=C/CCCCCCCCCCCC. The van der Waals surface area contributed by atoms with E-state index in [1.165, 1.54) is 199 Å². The molecule has 11 heteroatoms. The number of ether oxygens (including phenoxy) is 3. The highest BCUT2D eigenvalue weighted by molar-refractivity contribution is 5.80. The quantitative estimate of drug-likeness (QED) is 0.0195. The van der Waals surface area contributed by atoms with Gasteiger partial charge in [0.25, 0.3) is 0 Å². The van der Waals surface area contributed by atoms with Gasteiger partial charge in [0.2, 0.25) is 5.91 Å². The predicted octanol–water partition coefficient (Wildman–Crippen LogP) is 16.2. The van der Waals surface area contributed by atoms with Gasteiger partial charge in [0.1, 0.15) is 24.4 Å². The molecule has 0 aromatic rings. The zero-order chi connectivity index (χ0) is 56.8. The van der Waals surface area contributed by atoms with E-state index in [1.54, 1.807) is 6.08 Å². The summed E-state index contributed by atoms with van der Waals surface area (Å²) in [5.41, 5.74) is 0. The van der Waals surface area contributed by atoms with Crippen LogP contribution in [0.5, 0.6) is 0 Å². The number of amides is 1. The van der Waals surface area contributed by atoms with Crippen LogP contribution >= 0.6 is 0 Å². The number of carbonyl (C=O) groups excluding carboxylic acids is 2. The molecule has 78 heavy (non-hydrogen) atoms. The first kappa shape index (κ1) is 73.9. The van der Waals surface area contributed by atoms with Crippen LogP contribution < -0.4 is 5.32 Å². The molecule has 1 heterocycles. The third-order valence-corrected chi connectivity index (χ3v) is 15.8. The number of hydrogen-bond acceptors (Lipinski definition) is 10. The van der Waals surface area contributed by atoms with Gasteiger partial charge in [0.15, 0.2) is 12.4 Å². The molecule has 11 nitrogen and oxygen atoms in total. The van der Waals surface area contributed by atoms with Crippen molar-refractivity contribution in [2.45, 2.75) is 365 Å². The zero-order valence-electron chi connectivity index (χ0n) is 50.8. The fourth-order valence-corrected chi connectivity index (χ4v) is 10.5. The number of unbranched alkanes of at least 4 members (excludes halogenated alkanes) is 39. The molecule has 0 bridgehead atoms. The molecule has 1 amide bonds. The smallest absolute Gasteiger partial charge is 0.306 e. The minimum absolute atomic E-state index is 0.121. The fourth-order valence-electron chi connectivity index (χ4n) is 10.5. The molecule has 0 spiro atoms. The van der Waals surface area contributed by atoms with E-state index in [2.05, 4.69) is 50.4 Å².